The van der Waals surface area contributed by atoms with Gasteiger partial charge in [0.1, 0.15) is 0 Å². The smallest absolute Gasteiger partial charge is 0.158 e. The summed E-state index contributed by atoms with van der Waals surface area (Å²) in [6, 6.07) is 0. The van der Waals surface area contributed by atoms with Crippen LogP contribution in [0.5, 0.6) is 0 Å². The van der Waals surface area contributed by atoms with Crippen molar-refractivity contribution in [2.45, 2.75) is 45.0 Å². The van der Waals surface area contributed by atoms with Crippen molar-refractivity contribution in [1.82, 2.24) is 0 Å². The molecular weight excluding hydrogens is 196 g/mol. The number of aliphatic hydroxyl groups excluding tert-OH is 2. The molecule has 4 heteroatoms. The van der Waals surface area contributed by atoms with Gasteiger partial charge in [-0.25, -0.2) is 0 Å². The van der Waals surface area contributed by atoms with Gasteiger partial charge in [-0.05, 0) is 25.7 Å². The Kier molecular flexibility index (Phi) is 6.17. The first kappa shape index (κ1) is 12.9. The molecule has 0 radical (unpaired) electrons. The van der Waals surface area contributed by atoms with Gasteiger partial charge in [0.05, 0.1) is 12.7 Å². The van der Waals surface area contributed by atoms with Crippen molar-refractivity contribution in [1.29, 1.82) is 0 Å². The van der Waals surface area contributed by atoms with Crippen molar-refractivity contribution >= 4 is 0 Å². The van der Waals surface area contributed by atoms with Gasteiger partial charge in [0, 0.05) is 19.1 Å². The molecule has 1 saturated heterocycles. The van der Waals surface area contributed by atoms with E-state index in [2.05, 4.69) is 0 Å². The first-order valence-corrected chi connectivity index (χ1v) is 5.80. The summed E-state index contributed by atoms with van der Waals surface area (Å²) in [6.45, 7) is 2.71. The summed E-state index contributed by atoms with van der Waals surface area (Å²) < 4.78 is 11.1. The molecule has 15 heavy (non-hydrogen) atoms. The molecule has 1 fully saturated rings. The summed E-state index contributed by atoms with van der Waals surface area (Å²) in [5.74, 6) is 0.000488. The molecule has 0 aromatic rings. The Balaban J connectivity index is 2.36. The second-order valence-corrected chi connectivity index (χ2v) is 4.00. The first-order chi connectivity index (χ1) is 7.31. The van der Waals surface area contributed by atoms with Gasteiger partial charge in [-0.15, -0.1) is 0 Å². The Morgan fingerprint density at radius 1 is 1.33 bits per heavy atom. The lowest BCUT2D eigenvalue weighted by Crippen LogP contribution is -2.36. The summed E-state index contributed by atoms with van der Waals surface area (Å²) in [7, 11) is 0. The van der Waals surface area contributed by atoms with E-state index in [1.807, 2.05) is 6.92 Å². The lowest BCUT2D eigenvalue weighted by atomic mass is 10.0. The molecule has 0 aromatic carbocycles. The molecule has 1 aliphatic heterocycles. The molecule has 0 aliphatic carbocycles. The van der Waals surface area contributed by atoms with Gasteiger partial charge in [0.15, 0.2) is 6.29 Å². The summed E-state index contributed by atoms with van der Waals surface area (Å²) in [6.07, 6.45) is 3.38. The molecule has 3 atom stereocenters. The minimum absolute atomic E-state index is 0.000488. The Morgan fingerprint density at radius 2 is 2.13 bits per heavy atom. The number of aliphatic hydroxyl groups is 2. The fourth-order valence-electron chi connectivity index (χ4n) is 1.83. The van der Waals surface area contributed by atoms with Crippen LogP contribution in [0.1, 0.15) is 32.6 Å². The predicted molar refractivity (Wildman–Crippen MR) is 56.4 cm³/mol. The topological polar surface area (TPSA) is 58.9 Å². The molecule has 0 aromatic heterocycles. The molecule has 0 amide bonds. The number of hydrogen-bond acceptors (Lipinski definition) is 4. The molecule has 90 valence electrons. The molecule has 0 saturated carbocycles. The Hall–Kier alpha value is -0.160. The molecule has 1 rings (SSSR count). The molecular formula is C11H22O4. The third kappa shape index (κ3) is 4.07. The minimum atomic E-state index is -0.303. The molecule has 4 nitrogen and oxygen atoms in total. The van der Waals surface area contributed by atoms with Gasteiger partial charge in [-0.2, -0.15) is 0 Å². The molecule has 2 N–H and O–H groups in total. The fourth-order valence-corrected chi connectivity index (χ4v) is 1.83. The van der Waals surface area contributed by atoms with E-state index in [0.717, 1.165) is 32.3 Å². The zero-order valence-electron chi connectivity index (χ0n) is 9.39. The summed E-state index contributed by atoms with van der Waals surface area (Å²) in [4.78, 5) is 0. The Labute approximate surface area is 91.2 Å². The first-order valence-electron chi connectivity index (χ1n) is 5.80. The highest BCUT2D eigenvalue weighted by atomic mass is 16.7. The predicted octanol–water partition coefficient (Wildman–Crippen LogP) is 0.909. The van der Waals surface area contributed by atoms with Crippen molar-refractivity contribution in [3.05, 3.63) is 0 Å². The van der Waals surface area contributed by atoms with Gasteiger partial charge in [-0.3, -0.25) is 0 Å². The number of hydrogen-bond donors (Lipinski definition) is 2. The van der Waals surface area contributed by atoms with Gasteiger partial charge in [0.2, 0.25) is 0 Å². The van der Waals surface area contributed by atoms with E-state index in [1.165, 1.54) is 0 Å². The average Bonchev–Trinajstić information content (AvgIpc) is 2.30. The Bertz CT molecular complexity index is 153. The highest BCUT2D eigenvalue weighted by Gasteiger charge is 2.24. The van der Waals surface area contributed by atoms with Crippen LogP contribution in [0.25, 0.3) is 0 Å². The van der Waals surface area contributed by atoms with Crippen LogP contribution < -0.4 is 0 Å². The van der Waals surface area contributed by atoms with Crippen LogP contribution in [0.2, 0.25) is 0 Å². The third-order valence-electron chi connectivity index (χ3n) is 2.93. The van der Waals surface area contributed by atoms with E-state index >= 15 is 0 Å². The zero-order chi connectivity index (χ0) is 11.1. The Morgan fingerprint density at radius 3 is 2.60 bits per heavy atom. The van der Waals surface area contributed by atoms with Crippen LogP contribution in [0.15, 0.2) is 0 Å². The maximum absolute atomic E-state index is 9.20. The molecule has 0 spiro atoms. The van der Waals surface area contributed by atoms with Crippen molar-refractivity contribution in [2.75, 3.05) is 19.8 Å². The summed E-state index contributed by atoms with van der Waals surface area (Å²) in [5, 5.41) is 18.3. The van der Waals surface area contributed by atoms with Crippen LogP contribution in [0.4, 0.5) is 0 Å². The van der Waals surface area contributed by atoms with Crippen LogP contribution in [-0.2, 0) is 9.47 Å². The quantitative estimate of drug-likeness (QED) is 0.695. The van der Waals surface area contributed by atoms with Crippen molar-refractivity contribution < 1.29 is 19.7 Å². The largest absolute Gasteiger partial charge is 0.396 e. The SMILES string of the molecule is CCC(CO)C(CO)OC1CCCCO1. The van der Waals surface area contributed by atoms with Crippen LogP contribution in [0.3, 0.4) is 0 Å². The molecule has 1 aliphatic rings. The van der Waals surface area contributed by atoms with Gasteiger partial charge < -0.3 is 19.7 Å². The van der Waals surface area contributed by atoms with E-state index < -0.39 is 0 Å². The van der Waals surface area contributed by atoms with Gasteiger partial charge in [-0.1, -0.05) is 6.92 Å². The van der Waals surface area contributed by atoms with E-state index in [-0.39, 0.29) is 31.5 Å². The fraction of sp³-hybridized carbons (Fsp3) is 1.00. The maximum atomic E-state index is 9.20. The summed E-state index contributed by atoms with van der Waals surface area (Å²) in [5.41, 5.74) is 0. The van der Waals surface area contributed by atoms with Gasteiger partial charge >= 0.3 is 0 Å². The van der Waals surface area contributed by atoms with Crippen molar-refractivity contribution in [2.24, 2.45) is 5.92 Å². The monoisotopic (exact) mass is 218 g/mol. The molecule has 3 unspecified atom stereocenters. The van der Waals surface area contributed by atoms with Crippen molar-refractivity contribution in [3.63, 3.8) is 0 Å². The van der Waals surface area contributed by atoms with Crippen LogP contribution >= 0.6 is 0 Å². The average molecular weight is 218 g/mol. The number of ether oxygens (including phenoxy) is 2. The standard InChI is InChI=1S/C11H22O4/c1-2-9(7-12)10(8-13)15-11-5-3-4-6-14-11/h9-13H,2-8H2,1H3. The van der Waals surface area contributed by atoms with Crippen LogP contribution in [0, 0.1) is 5.92 Å². The lowest BCUT2D eigenvalue weighted by Gasteiger charge is -2.30. The lowest BCUT2D eigenvalue weighted by molar-refractivity contribution is -0.208. The molecule has 1 heterocycles. The highest BCUT2D eigenvalue weighted by molar-refractivity contribution is 4.69. The van der Waals surface area contributed by atoms with E-state index in [4.69, 9.17) is 14.6 Å². The van der Waals surface area contributed by atoms with Gasteiger partial charge in [0.25, 0.3) is 0 Å². The van der Waals surface area contributed by atoms with E-state index in [1.54, 1.807) is 0 Å². The summed E-state index contributed by atoms with van der Waals surface area (Å²) >= 11 is 0. The second-order valence-electron chi connectivity index (χ2n) is 4.00. The maximum Gasteiger partial charge on any atom is 0.158 e. The normalized spacial score (nSPS) is 26.2. The highest BCUT2D eigenvalue weighted by Crippen LogP contribution is 2.19. The van der Waals surface area contributed by atoms with E-state index in [9.17, 15) is 5.11 Å². The van der Waals surface area contributed by atoms with Crippen molar-refractivity contribution in [3.8, 4) is 0 Å². The third-order valence-corrected chi connectivity index (χ3v) is 2.93. The van der Waals surface area contributed by atoms with Crippen LogP contribution in [-0.4, -0.2) is 42.4 Å². The second kappa shape index (κ2) is 7.17. The number of rotatable bonds is 6. The minimum Gasteiger partial charge on any atom is -0.396 e. The zero-order valence-corrected chi connectivity index (χ0v) is 9.39. The molecule has 0 bridgehead atoms. The van der Waals surface area contributed by atoms with E-state index in [0.29, 0.717) is 0 Å².